The van der Waals surface area contributed by atoms with E-state index in [4.69, 9.17) is 0 Å². The monoisotopic (exact) mass is 297 g/mol. The van der Waals surface area contributed by atoms with Crippen LogP contribution < -0.4 is 0 Å². The van der Waals surface area contributed by atoms with Crippen molar-refractivity contribution in [1.29, 1.82) is 0 Å². The van der Waals surface area contributed by atoms with Crippen molar-refractivity contribution in [2.45, 2.75) is 70.2 Å². The van der Waals surface area contributed by atoms with Crippen molar-refractivity contribution in [3.63, 3.8) is 0 Å². The van der Waals surface area contributed by atoms with Crippen LogP contribution in [0.25, 0.3) is 0 Å². The highest BCUT2D eigenvalue weighted by atomic mass is 16.3. The minimum absolute atomic E-state index is 0.103. The molecule has 1 saturated carbocycles. The van der Waals surface area contributed by atoms with Gasteiger partial charge in [0.25, 0.3) is 0 Å². The van der Waals surface area contributed by atoms with Crippen LogP contribution in [0.3, 0.4) is 0 Å². The summed E-state index contributed by atoms with van der Waals surface area (Å²) in [7, 11) is 1.79. The molecule has 5 atom stereocenters. The van der Waals surface area contributed by atoms with Crippen LogP contribution in [-0.4, -0.2) is 46.9 Å². The number of nitrogens with zero attached hydrogens (tertiary/aromatic N) is 1. The zero-order valence-corrected chi connectivity index (χ0v) is 13.4. The van der Waals surface area contributed by atoms with Gasteiger partial charge in [0.05, 0.1) is 18.3 Å². The van der Waals surface area contributed by atoms with Crippen LogP contribution in [0.1, 0.15) is 51.9 Å². The third-order valence-corrected chi connectivity index (χ3v) is 4.40. The highest BCUT2D eigenvalue weighted by Crippen LogP contribution is 2.38. The normalized spacial score (nSPS) is 31.5. The number of hydrogen-bond acceptors (Lipinski definition) is 4. The van der Waals surface area contributed by atoms with Crippen LogP contribution in [0, 0.1) is 11.8 Å². The topological polar surface area (TPSA) is 73.1 Å². The van der Waals surface area contributed by atoms with Gasteiger partial charge in [0.2, 0.25) is 0 Å². The van der Waals surface area contributed by atoms with E-state index in [-0.39, 0.29) is 17.9 Å². The molecule has 0 saturated heterocycles. The average Bonchev–Trinajstić information content (AvgIpc) is 2.69. The Morgan fingerprint density at radius 2 is 1.86 bits per heavy atom. The molecule has 21 heavy (non-hydrogen) atoms. The first-order valence-electron chi connectivity index (χ1n) is 8.16. The lowest BCUT2D eigenvalue weighted by atomic mass is 9.86. The van der Waals surface area contributed by atoms with Gasteiger partial charge in [-0.1, -0.05) is 12.2 Å². The van der Waals surface area contributed by atoms with Crippen molar-refractivity contribution in [1.82, 2.24) is 0 Å². The minimum Gasteiger partial charge on any atom is -0.393 e. The highest BCUT2D eigenvalue weighted by Gasteiger charge is 2.40. The fourth-order valence-corrected chi connectivity index (χ4v) is 3.17. The molecule has 1 aliphatic rings. The van der Waals surface area contributed by atoms with Crippen LogP contribution in [0.5, 0.6) is 0 Å². The summed E-state index contributed by atoms with van der Waals surface area (Å²) in [6.45, 7) is 1.77. The molecule has 4 heteroatoms. The van der Waals surface area contributed by atoms with E-state index in [1.807, 2.05) is 6.21 Å². The fourth-order valence-electron chi connectivity index (χ4n) is 3.17. The third kappa shape index (κ3) is 6.72. The Hall–Kier alpha value is -0.710. The molecule has 0 radical (unpaired) electrons. The zero-order chi connectivity index (χ0) is 15.7. The van der Waals surface area contributed by atoms with Gasteiger partial charge in [-0.3, -0.25) is 0 Å². The number of allylic oxidation sites excluding steroid dienone is 2. The number of aliphatic hydroxyl groups is 3. The Balaban J connectivity index is 2.36. The van der Waals surface area contributed by atoms with E-state index in [2.05, 4.69) is 17.1 Å². The molecule has 1 aliphatic carbocycles. The van der Waals surface area contributed by atoms with E-state index in [9.17, 15) is 15.3 Å². The molecule has 1 fully saturated rings. The summed E-state index contributed by atoms with van der Waals surface area (Å²) in [6, 6.07) is 0. The maximum atomic E-state index is 10.1. The summed E-state index contributed by atoms with van der Waals surface area (Å²) < 4.78 is 0. The first kappa shape index (κ1) is 18.3. The van der Waals surface area contributed by atoms with Crippen molar-refractivity contribution in [2.75, 3.05) is 7.05 Å². The number of hydrogen-bond donors (Lipinski definition) is 3. The maximum absolute atomic E-state index is 10.1. The molecule has 1 rings (SSSR count). The number of aliphatic imine (C=N–C) groups is 1. The van der Waals surface area contributed by atoms with Gasteiger partial charge in [-0.2, -0.15) is 0 Å². The largest absolute Gasteiger partial charge is 0.393 e. The Morgan fingerprint density at radius 3 is 2.52 bits per heavy atom. The third-order valence-electron chi connectivity index (χ3n) is 4.40. The second kappa shape index (κ2) is 10.1. The minimum atomic E-state index is -0.432. The summed E-state index contributed by atoms with van der Waals surface area (Å²) in [5, 5.41) is 29.6. The second-order valence-corrected chi connectivity index (χ2v) is 6.20. The van der Waals surface area contributed by atoms with Gasteiger partial charge in [-0.15, -0.1) is 0 Å². The van der Waals surface area contributed by atoms with E-state index in [1.165, 1.54) is 0 Å². The van der Waals surface area contributed by atoms with Gasteiger partial charge in [-0.05, 0) is 69.9 Å². The number of rotatable bonds is 9. The number of aliphatic hydroxyl groups excluding tert-OH is 3. The lowest BCUT2D eigenvalue weighted by Crippen LogP contribution is -2.23. The van der Waals surface area contributed by atoms with E-state index in [0.29, 0.717) is 12.8 Å². The predicted molar refractivity (Wildman–Crippen MR) is 86.5 cm³/mol. The summed E-state index contributed by atoms with van der Waals surface area (Å²) in [6.07, 6.45) is 10.9. The molecule has 4 nitrogen and oxygen atoms in total. The van der Waals surface area contributed by atoms with Crippen molar-refractivity contribution >= 4 is 6.21 Å². The Kier molecular flexibility index (Phi) is 8.81. The van der Waals surface area contributed by atoms with Gasteiger partial charge in [0, 0.05) is 7.05 Å². The van der Waals surface area contributed by atoms with E-state index in [0.717, 1.165) is 32.1 Å². The van der Waals surface area contributed by atoms with E-state index >= 15 is 0 Å². The molecular weight excluding hydrogens is 266 g/mol. The van der Waals surface area contributed by atoms with Crippen LogP contribution in [-0.2, 0) is 0 Å². The summed E-state index contributed by atoms with van der Waals surface area (Å²) in [5.74, 6) is 0.221. The molecular formula is C17H31NO3. The number of unbranched alkanes of at least 4 members (excludes halogenated alkanes) is 2. The lowest BCUT2D eigenvalue weighted by molar-refractivity contribution is 0.0921. The van der Waals surface area contributed by atoms with E-state index < -0.39 is 12.2 Å². The molecule has 0 bridgehead atoms. The molecule has 0 aliphatic heterocycles. The van der Waals surface area contributed by atoms with E-state index in [1.54, 1.807) is 14.0 Å². The van der Waals surface area contributed by atoms with Gasteiger partial charge in [-0.25, -0.2) is 0 Å². The first-order valence-corrected chi connectivity index (χ1v) is 8.16. The molecule has 0 aromatic carbocycles. The van der Waals surface area contributed by atoms with Crippen molar-refractivity contribution in [3.05, 3.63) is 12.2 Å². The summed E-state index contributed by atoms with van der Waals surface area (Å²) in [5.41, 5.74) is 0. The second-order valence-electron chi connectivity index (χ2n) is 6.20. The smallest absolute Gasteiger partial charge is 0.0599 e. The molecule has 0 heterocycles. The molecule has 0 aromatic heterocycles. The molecule has 0 aromatic rings. The van der Waals surface area contributed by atoms with Crippen molar-refractivity contribution in [2.24, 2.45) is 16.8 Å². The first-order chi connectivity index (χ1) is 10.1. The zero-order valence-electron chi connectivity index (χ0n) is 13.4. The standard InChI is InChI=1S/C17H31NO3/c1-13(19)9-10-15-14(16(20)12-17(15)21)8-6-4-3-5-7-11-18-2/h4,6,11,13-17,19-21H,3,5,7-10,12H2,1-2H3/b6-4-,18-11?/t13?,14-,15-,16?,17?/m1/s1. The van der Waals surface area contributed by atoms with Crippen LogP contribution in [0.2, 0.25) is 0 Å². The molecule has 3 unspecified atom stereocenters. The van der Waals surface area contributed by atoms with Crippen LogP contribution >= 0.6 is 0 Å². The van der Waals surface area contributed by atoms with Crippen molar-refractivity contribution in [3.8, 4) is 0 Å². The lowest BCUT2D eigenvalue weighted by Gasteiger charge is -2.23. The predicted octanol–water partition coefficient (Wildman–Crippen LogP) is 2.32. The van der Waals surface area contributed by atoms with Crippen molar-refractivity contribution < 1.29 is 15.3 Å². The van der Waals surface area contributed by atoms with Gasteiger partial charge < -0.3 is 20.3 Å². The SMILES string of the molecule is CN=CCCC/C=C\C[C@H]1C(O)CC(O)[C@@H]1CCC(C)O. The highest BCUT2D eigenvalue weighted by molar-refractivity contribution is 5.56. The Morgan fingerprint density at radius 1 is 1.14 bits per heavy atom. The Bertz CT molecular complexity index is 328. The van der Waals surface area contributed by atoms with Gasteiger partial charge in [0.1, 0.15) is 0 Å². The summed E-state index contributed by atoms with van der Waals surface area (Å²) in [4.78, 5) is 3.95. The summed E-state index contributed by atoms with van der Waals surface area (Å²) >= 11 is 0. The molecule has 3 N–H and O–H groups in total. The molecule has 0 spiro atoms. The molecule has 122 valence electrons. The fraction of sp³-hybridized carbons (Fsp3) is 0.824. The molecule has 0 amide bonds. The maximum Gasteiger partial charge on any atom is 0.0599 e. The average molecular weight is 297 g/mol. The van der Waals surface area contributed by atoms with Crippen LogP contribution in [0.15, 0.2) is 17.1 Å². The van der Waals surface area contributed by atoms with Crippen LogP contribution in [0.4, 0.5) is 0 Å². The Labute approximate surface area is 128 Å². The van der Waals surface area contributed by atoms with Gasteiger partial charge >= 0.3 is 0 Å². The van der Waals surface area contributed by atoms with Gasteiger partial charge in [0.15, 0.2) is 0 Å². The quantitative estimate of drug-likeness (QED) is 0.347.